The zero-order valence-electron chi connectivity index (χ0n) is 16.0. The summed E-state index contributed by atoms with van der Waals surface area (Å²) < 4.78 is 5.04. The molecule has 0 atom stereocenters. The molecule has 0 spiro atoms. The van der Waals surface area contributed by atoms with E-state index in [9.17, 15) is 9.59 Å². The van der Waals surface area contributed by atoms with E-state index in [1.165, 1.54) is 0 Å². The topological polar surface area (TPSA) is 61.9 Å². The predicted octanol–water partition coefficient (Wildman–Crippen LogP) is 2.63. The first-order valence-corrected chi connectivity index (χ1v) is 9.39. The smallest absolute Gasteiger partial charge is 0.249 e. The van der Waals surface area contributed by atoms with Crippen molar-refractivity contribution >= 4 is 23.2 Å². The average Bonchev–Trinajstić information content (AvgIpc) is 3.35. The molecule has 2 aliphatic carbocycles. The standard InChI is InChI=1S/C20H29N3O3/c1-22(2)18-10-7-16(21-20(25)14-5-4-6-14)11-15(18)12-23(17-8-9-17)19(24)13-26-3/h7,10-11,14,17H,4-6,8-9,12-13H2,1-3H3,(H,21,25). The molecule has 2 amide bonds. The molecule has 0 radical (unpaired) electrons. The molecule has 3 rings (SSSR count). The third-order valence-electron chi connectivity index (χ3n) is 5.22. The van der Waals surface area contributed by atoms with Gasteiger partial charge in [-0.25, -0.2) is 0 Å². The van der Waals surface area contributed by atoms with E-state index in [1.54, 1.807) is 7.11 Å². The number of anilines is 2. The molecule has 2 aliphatic rings. The van der Waals surface area contributed by atoms with Crippen molar-refractivity contribution in [3.63, 3.8) is 0 Å². The Morgan fingerprint density at radius 2 is 1.92 bits per heavy atom. The quantitative estimate of drug-likeness (QED) is 0.775. The van der Waals surface area contributed by atoms with Gasteiger partial charge < -0.3 is 19.9 Å². The van der Waals surface area contributed by atoms with E-state index in [0.717, 1.165) is 49.0 Å². The fourth-order valence-corrected chi connectivity index (χ4v) is 3.34. The van der Waals surface area contributed by atoms with E-state index >= 15 is 0 Å². The number of carbonyl (C=O) groups is 2. The minimum absolute atomic E-state index is 0.0172. The Balaban J connectivity index is 1.79. The van der Waals surface area contributed by atoms with Crippen LogP contribution >= 0.6 is 0 Å². The lowest BCUT2D eigenvalue weighted by atomic mass is 9.85. The molecule has 0 aromatic heterocycles. The van der Waals surface area contributed by atoms with Crippen LogP contribution in [0.4, 0.5) is 11.4 Å². The summed E-state index contributed by atoms with van der Waals surface area (Å²) in [7, 11) is 5.53. The predicted molar refractivity (Wildman–Crippen MR) is 102 cm³/mol. The normalized spacial score (nSPS) is 16.7. The number of hydrogen-bond donors (Lipinski definition) is 1. The van der Waals surface area contributed by atoms with Crippen LogP contribution < -0.4 is 10.2 Å². The summed E-state index contributed by atoms with van der Waals surface area (Å²) in [6.45, 7) is 0.638. The van der Waals surface area contributed by atoms with E-state index in [4.69, 9.17) is 4.74 Å². The van der Waals surface area contributed by atoms with Crippen LogP contribution in [0.5, 0.6) is 0 Å². The van der Waals surface area contributed by atoms with Gasteiger partial charge in [-0.1, -0.05) is 6.42 Å². The second-order valence-corrected chi connectivity index (χ2v) is 7.54. The molecule has 6 nitrogen and oxygen atoms in total. The molecule has 142 valence electrons. The molecule has 0 heterocycles. The number of methoxy groups -OCH3 is 1. The highest BCUT2D eigenvalue weighted by atomic mass is 16.5. The lowest BCUT2D eigenvalue weighted by molar-refractivity contribution is -0.136. The van der Waals surface area contributed by atoms with E-state index in [-0.39, 0.29) is 24.3 Å². The Labute approximate surface area is 155 Å². The van der Waals surface area contributed by atoms with E-state index in [0.29, 0.717) is 12.6 Å². The molecule has 0 bridgehead atoms. The Morgan fingerprint density at radius 3 is 2.46 bits per heavy atom. The summed E-state index contributed by atoms with van der Waals surface area (Å²) in [5.74, 6) is 0.274. The highest BCUT2D eigenvalue weighted by Crippen LogP contribution is 2.32. The monoisotopic (exact) mass is 359 g/mol. The van der Waals surface area contributed by atoms with Gasteiger partial charge in [-0.15, -0.1) is 0 Å². The zero-order valence-corrected chi connectivity index (χ0v) is 16.0. The van der Waals surface area contributed by atoms with Gasteiger partial charge in [-0.3, -0.25) is 9.59 Å². The molecule has 1 aromatic rings. The maximum absolute atomic E-state index is 12.4. The number of amides is 2. The summed E-state index contributed by atoms with van der Waals surface area (Å²) in [4.78, 5) is 28.6. The molecule has 0 aliphatic heterocycles. The Bertz CT molecular complexity index is 666. The van der Waals surface area contributed by atoms with Gasteiger partial charge in [0.1, 0.15) is 6.61 Å². The molecule has 26 heavy (non-hydrogen) atoms. The minimum atomic E-state index is 0.0172. The highest BCUT2D eigenvalue weighted by Gasteiger charge is 2.33. The number of ether oxygens (including phenoxy) is 1. The Kier molecular flexibility index (Phi) is 5.81. The lowest BCUT2D eigenvalue weighted by Crippen LogP contribution is -2.35. The summed E-state index contributed by atoms with van der Waals surface area (Å²) in [5.41, 5.74) is 2.90. The van der Waals surface area contributed by atoms with Crippen LogP contribution in [0.25, 0.3) is 0 Å². The fourth-order valence-electron chi connectivity index (χ4n) is 3.34. The van der Waals surface area contributed by atoms with Crippen molar-refractivity contribution < 1.29 is 14.3 Å². The van der Waals surface area contributed by atoms with Gasteiger partial charge in [0.2, 0.25) is 11.8 Å². The molecule has 1 N–H and O–H groups in total. The highest BCUT2D eigenvalue weighted by molar-refractivity contribution is 5.93. The van der Waals surface area contributed by atoms with Crippen LogP contribution in [-0.2, 0) is 20.9 Å². The molecule has 6 heteroatoms. The van der Waals surface area contributed by atoms with Crippen molar-refractivity contribution in [2.45, 2.75) is 44.7 Å². The summed E-state index contributed by atoms with van der Waals surface area (Å²) in [5, 5.41) is 3.04. The van der Waals surface area contributed by atoms with Gasteiger partial charge >= 0.3 is 0 Å². The summed E-state index contributed by atoms with van der Waals surface area (Å²) in [6.07, 6.45) is 5.20. The van der Waals surface area contributed by atoms with Gasteiger partial charge in [0, 0.05) is 51.1 Å². The summed E-state index contributed by atoms with van der Waals surface area (Å²) in [6, 6.07) is 6.26. The minimum Gasteiger partial charge on any atom is -0.377 e. The largest absolute Gasteiger partial charge is 0.377 e. The van der Waals surface area contributed by atoms with Crippen LogP contribution in [-0.4, -0.2) is 50.6 Å². The Hall–Kier alpha value is -2.08. The third-order valence-corrected chi connectivity index (χ3v) is 5.22. The number of carbonyl (C=O) groups excluding carboxylic acids is 2. The second kappa shape index (κ2) is 8.08. The molecule has 1 aromatic carbocycles. The van der Waals surface area contributed by atoms with E-state index < -0.39 is 0 Å². The van der Waals surface area contributed by atoms with Crippen LogP contribution in [0, 0.1) is 5.92 Å². The SMILES string of the molecule is COCC(=O)N(Cc1cc(NC(=O)C2CCC2)ccc1N(C)C)C1CC1. The second-order valence-electron chi connectivity index (χ2n) is 7.54. The molecule has 2 fully saturated rings. The van der Waals surface area contributed by atoms with Gasteiger partial charge in [0.15, 0.2) is 0 Å². The van der Waals surface area contributed by atoms with E-state index in [1.807, 2.05) is 42.1 Å². The maximum Gasteiger partial charge on any atom is 0.249 e. The third kappa shape index (κ3) is 4.36. The van der Waals surface area contributed by atoms with Gasteiger partial charge in [0.25, 0.3) is 0 Å². The van der Waals surface area contributed by atoms with Crippen LogP contribution in [0.1, 0.15) is 37.7 Å². The van der Waals surface area contributed by atoms with Crippen molar-refractivity contribution in [3.05, 3.63) is 23.8 Å². The van der Waals surface area contributed by atoms with Gasteiger partial charge in [0.05, 0.1) is 0 Å². The van der Waals surface area contributed by atoms with Crippen LogP contribution in [0.2, 0.25) is 0 Å². The van der Waals surface area contributed by atoms with Crippen LogP contribution in [0.3, 0.4) is 0 Å². The molecular formula is C20H29N3O3. The number of hydrogen-bond acceptors (Lipinski definition) is 4. The van der Waals surface area contributed by atoms with Gasteiger partial charge in [-0.2, -0.15) is 0 Å². The van der Waals surface area contributed by atoms with Gasteiger partial charge in [-0.05, 0) is 49.4 Å². The maximum atomic E-state index is 12.4. The van der Waals surface area contributed by atoms with E-state index in [2.05, 4.69) is 5.32 Å². The molecule has 2 saturated carbocycles. The number of benzene rings is 1. The number of nitrogens with zero attached hydrogens (tertiary/aromatic N) is 2. The van der Waals surface area contributed by atoms with Crippen LogP contribution in [0.15, 0.2) is 18.2 Å². The van der Waals surface area contributed by atoms with Crippen molar-refractivity contribution in [1.82, 2.24) is 4.90 Å². The molecule has 0 unspecified atom stereocenters. The molecular weight excluding hydrogens is 330 g/mol. The first-order chi connectivity index (χ1) is 12.5. The zero-order chi connectivity index (χ0) is 18.7. The average molecular weight is 359 g/mol. The number of nitrogens with one attached hydrogen (secondary N) is 1. The van der Waals surface area contributed by atoms with Crippen molar-refractivity contribution in [1.29, 1.82) is 0 Å². The van der Waals surface area contributed by atoms with Crippen molar-refractivity contribution in [2.75, 3.05) is 38.0 Å². The lowest BCUT2D eigenvalue weighted by Gasteiger charge is -2.27. The van der Waals surface area contributed by atoms with Crippen molar-refractivity contribution in [2.24, 2.45) is 5.92 Å². The van der Waals surface area contributed by atoms with Crippen molar-refractivity contribution in [3.8, 4) is 0 Å². The molecule has 0 saturated heterocycles. The summed E-state index contributed by atoms with van der Waals surface area (Å²) >= 11 is 0. The first kappa shape index (κ1) is 18.7. The first-order valence-electron chi connectivity index (χ1n) is 9.39. The number of rotatable bonds is 8. The Morgan fingerprint density at radius 1 is 1.19 bits per heavy atom. The fraction of sp³-hybridized carbons (Fsp3) is 0.600.